The molecule has 0 spiro atoms. The van der Waals surface area contributed by atoms with Gasteiger partial charge in [-0.05, 0) is 6.92 Å². The molecular weight excluding hydrogens is 164 g/mol. The highest BCUT2D eigenvalue weighted by atomic mass is 16.6. The Balaban J connectivity index is 2.65. The van der Waals surface area contributed by atoms with Crippen molar-refractivity contribution in [3.63, 3.8) is 0 Å². The molecule has 12 heavy (non-hydrogen) atoms. The molecule has 0 saturated carbocycles. The van der Waals surface area contributed by atoms with Crippen LogP contribution in [-0.4, -0.2) is 53.1 Å². The van der Waals surface area contributed by atoms with E-state index in [2.05, 4.69) is 0 Å². The van der Waals surface area contributed by atoms with Gasteiger partial charge >= 0.3 is 0 Å². The summed E-state index contributed by atoms with van der Waals surface area (Å²) in [5.74, 6) is 0. The van der Waals surface area contributed by atoms with E-state index in [1.54, 1.807) is 6.92 Å². The van der Waals surface area contributed by atoms with Gasteiger partial charge in [-0.1, -0.05) is 0 Å². The second-order valence-corrected chi connectivity index (χ2v) is 2.91. The topological polar surface area (TPSA) is 79.2 Å². The second kappa shape index (κ2) is 3.68. The van der Waals surface area contributed by atoms with Crippen LogP contribution in [0.25, 0.3) is 0 Å². The van der Waals surface area contributed by atoms with Crippen molar-refractivity contribution in [2.24, 2.45) is 0 Å². The van der Waals surface area contributed by atoms with E-state index in [1.807, 2.05) is 0 Å². The van der Waals surface area contributed by atoms with E-state index in [9.17, 15) is 5.11 Å². The van der Waals surface area contributed by atoms with Crippen molar-refractivity contribution in [3.8, 4) is 0 Å². The lowest BCUT2D eigenvalue weighted by molar-refractivity contribution is -0.281. The monoisotopic (exact) mass is 178 g/mol. The molecule has 0 unspecified atom stereocenters. The molecule has 3 N–H and O–H groups in total. The van der Waals surface area contributed by atoms with E-state index in [1.165, 1.54) is 7.11 Å². The van der Waals surface area contributed by atoms with Crippen molar-refractivity contribution in [1.29, 1.82) is 0 Å². The minimum atomic E-state index is -1.33. The van der Waals surface area contributed by atoms with Gasteiger partial charge in [0.15, 0.2) is 6.29 Å². The second-order valence-electron chi connectivity index (χ2n) is 2.91. The Morgan fingerprint density at radius 2 is 1.75 bits per heavy atom. The normalized spacial score (nSPS) is 49.2. The van der Waals surface area contributed by atoms with Gasteiger partial charge in [-0.25, -0.2) is 0 Å². The molecule has 1 aliphatic rings. The molecule has 1 aliphatic heterocycles. The van der Waals surface area contributed by atoms with Gasteiger partial charge in [0.25, 0.3) is 0 Å². The Labute approximate surface area is 70.5 Å². The maximum absolute atomic E-state index is 9.36. The quantitative estimate of drug-likeness (QED) is 0.453. The van der Waals surface area contributed by atoms with Gasteiger partial charge in [-0.2, -0.15) is 0 Å². The fraction of sp³-hybridized carbons (Fsp3) is 1.00. The molecule has 1 fully saturated rings. The third kappa shape index (κ3) is 1.60. The van der Waals surface area contributed by atoms with Crippen molar-refractivity contribution in [3.05, 3.63) is 0 Å². The van der Waals surface area contributed by atoms with Crippen molar-refractivity contribution < 1.29 is 24.8 Å². The van der Waals surface area contributed by atoms with Crippen molar-refractivity contribution in [2.75, 3.05) is 7.11 Å². The average molecular weight is 178 g/mol. The summed E-state index contributed by atoms with van der Waals surface area (Å²) < 4.78 is 9.78. The van der Waals surface area contributed by atoms with Crippen LogP contribution in [0.15, 0.2) is 0 Å². The summed E-state index contributed by atoms with van der Waals surface area (Å²) >= 11 is 0. The van der Waals surface area contributed by atoms with Crippen LogP contribution in [-0.2, 0) is 9.47 Å². The van der Waals surface area contributed by atoms with Crippen molar-refractivity contribution in [1.82, 2.24) is 0 Å². The summed E-state index contributed by atoms with van der Waals surface area (Å²) in [4.78, 5) is 0. The molecule has 0 bridgehead atoms. The van der Waals surface area contributed by atoms with E-state index in [-0.39, 0.29) is 0 Å². The molecular formula is C7H14O5. The number of ether oxygens (including phenoxy) is 2. The van der Waals surface area contributed by atoms with Gasteiger partial charge in [-0.15, -0.1) is 0 Å². The van der Waals surface area contributed by atoms with Crippen LogP contribution < -0.4 is 0 Å². The number of aliphatic hydroxyl groups excluding tert-OH is 3. The van der Waals surface area contributed by atoms with Crippen LogP contribution in [0.3, 0.4) is 0 Å². The number of aliphatic hydroxyl groups is 3. The molecule has 0 aliphatic carbocycles. The zero-order chi connectivity index (χ0) is 9.30. The molecule has 0 amide bonds. The largest absolute Gasteiger partial charge is 0.387 e. The highest BCUT2D eigenvalue weighted by Crippen LogP contribution is 2.21. The Morgan fingerprint density at radius 1 is 1.17 bits per heavy atom. The molecule has 72 valence electrons. The standard InChI is InChI=1S/C7H14O5/c1-3-6(11-2)4(8)5(9)7(10)12-3/h3-10H,1-2H3/t3-,4-,5-,6-,7-/m1/s1. The molecule has 0 aromatic heterocycles. The maximum Gasteiger partial charge on any atom is 0.183 e. The fourth-order valence-electron chi connectivity index (χ4n) is 1.35. The van der Waals surface area contributed by atoms with E-state index < -0.39 is 30.7 Å². The molecule has 0 radical (unpaired) electrons. The number of hydrogen-bond acceptors (Lipinski definition) is 5. The summed E-state index contributed by atoms with van der Waals surface area (Å²) in [6, 6.07) is 0. The Bertz CT molecular complexity index is 151. The lowest BCUT2D eigenvalue weighted by Gasteiger charge is -2.38. The van der Waals surface area contributed by atoms with Gasteiger partial charge in [-0.3, -0.25) is 0 Å². The van der Waals surface area contributed by atoms with E-state index >= 15 is 0 Å². The maximum atomic E-state index is 9.36. The zero-order valence-electron chi connectivity index (χ0n) is 7.04. The summed E-state index contributed by atoms with van der Waals surface area (Å²) in [5, 5.41) is 27.6. The van der Waals surface area contributed by atoms with E-state index in [0.717, 1.165) is 0 Å². The first kappa shape index (κ1) is 9.88. The third-order valence-corrected chi connectivity index (χ3v) is 2.07. The van der Waals surface area contributed by atoms with Crippen LogP contribution >= 0.6 is 0 Å². The van der Waals surface area contributed by atoms with Gasteiger partial charge in [0.05, 0.1) is 6.10 Å². The fourth-order valence-corrected chi connectivity index (χ4v) is 1.35. The SMILES string of the molecule is CO[C@H]1[C@H](O)[C@@H](O)[C@H](O)O[C@@H]1C. The summed E-state index contributed by atoms with van der Waals surface area (Å²) in [5.41, 5.74) is 0. The Morgan fingerprint density at radius 3 is 2.25 bits per heavy atom. The first-order valence-electron chi connectivity index (χ1n) is 3.80. The van der Waals surface area contributed by atoms with Crippen molar-refractivity contribution >= 4 is 0 Å². The van der Waals surface area contributed by atoms with Gasteiger partial charge in [0.2, 0.25) is 0 Å². The van der Waals surface area contributed by atoms with Gasteiger partial charge in [0, 0.05) is 7.11 Å². The number of methoxy groups -OCH3 is 1. The molecule has 1 heterocycles. The first-order chi connectivity index (χ1) is 5.57. The van der Waals surface area contributed by atoms with Crippen LogP contribution in [0.5, 0.6) is 0 Å². The lowest BCUT2D eigenvalue weighted by Crippen LogP contribution is -2.57. The minimum absolute atomic E-state index is 0.427. The molecule has 5 heteroatoms. The highest BCUT2D eigenvalue weighted by Gasteiger charge is 2.41. The first-order valence-corrected chi connectivity index (χ1v) is 3.80. The smallest absolute Gasteiger partial charge is 0.183 e. The van der Waals surface area contributed by atoms with Gasteiger partial charge < -0.3 is 24.8 Å². The van der Waals surface area contributed by atoms with E-state index in [4.69, 9.17) is 19.7 Å². The number of hydrogen-bond donors (Lipinski definition) is 3. The summed E-state index contributed by atoms with van der Waals surface area (Å²) in [6.07, 6.45) is -4.76. The molecule has 0 aromatic rings. The molecule has 1 saturated heterocycles. The van der Waals surface area contributed by atoms with Crippen LogP contribution in [0.2, 0.25) is 0 Å². The Kier molecular flexibility index (Phi) is 3.03. The summed E-state index contributed by atoms with van der Waals surface area (Å²) in [7, 11) is 1.41. The summed E-state index contributed by atoms with van der Waals surface area (Å²) in [6.45, 7) is 1.66. The Hall–Kier alpha value is -0.200. The van der Waals surface area contributed by atoms with Crippen LogP contribution in [0, 0.1) is 0 Å². The molecule has 0 aromatic carbocycles. The van der Waals surface area contributed by atoms with Crippen LogP contribution in [0.4, 0.5) is 0 Å². The molecule has 5 nitrogen and oxygen atoms in total. The lowest BCUT2D eigenvalue weighted by atomic mass is 10.00. The average Bonchev–Trinajstić information content (AvgIpc) is 2.01. The molecule has 5 atom stereocenters. The predicted octanol–water partition coefficient (Wildman–Crippen LogP) is -1.54. The minimum Gasteiger partial charge on any atom is -0.387 e. The van der Waals surface area contributed by atoms with Crippen LogP contribution in [0.1, 0.15) is 6.92 Å². The van der Waals surface area contributed by atoms with Crippen molar-refractivity contribution in [2.45, 2.75) is 37.6 Å². The van der Waals surface area contributed by atoms with Gasteiger partial charge in [0.1, 0.15) is 18.3 Å². The van der Waals surface area contributed by atoms with E-state index in [0.29, 0.717) is 0 Å². The zero-order valence-corrected chi connectivity index (χ0v) is 7.04. The highest BCUT2D eigenvalue weighted by molar-refractivity contribution is 4.87. The predicted molar refractivity (Wildman–Crippen MR) is 39.4 cm³/mol. The number of rotatable bonds is 1. The molecule has 1 rings (SSSR count). The third-order valence-electron chi connectivity index (χ3n) is 2.07.